The van der Waals surface area contributed by atoms with Crippen LogP contribution in [0.5, 0.6) is 5.75 Å². The molecule has 0 aliphatic heterocycles. The number of amides is 1. The van der Waals surface area contributed by atoms with E-state index in [0.29, 0.717) is 33.7 Å². The van der Waals surface area contributed by atoms with E-state index in [1.165, 1.54) is 21.7 Å². The first kappa shape index (κ1) is 25.3. The molecule has 0 spiro atoms. The van der Waals surface area contributed by atoms with Crippen LogP contribution in [0, 0.1) is 12.3 Å². The van der Waals surface area contributed by atoms with E-state index in [1.54, 1.807) is 48.1 Å². The van der Waals surface area contributed by atoms with Crippen LogP contribution in [0.25, 0.3) is 22.2 Å². The molecular formula is C28H26N4O5S2. The van der Waals surface area contributed by atoms with Gasteiger partial charge in [0.15, 0.2) is 12.2 Å². The third kappa shape index (κ3) is 4.83. The molecule has 6 rings (SSSR count). The molecule has 2 aromatic carbocycles. The first-order valence-corrected chi connectivity index (χ1v) is 14.8. The lowest BCUT2D eigenvalue weighted by Gasteiger charge is -2.15. The lowest BCUT2D eigenvalue weighted by molar-refractivity contribution is -0.125. The van der Waals surface area contributed by atoms with Gasteiger partial charge < -0.3 is 14.5 Å². The van der Waals surface area contributed by atoms with Crippen molar-refractivity contribution in [2.45, 2.75) is 44.7 Å². The minimum absolute atomic E-state index is 0.0564. The topological polar surface area (TPSA) is 116 Å². The Hall–Kier alpha value is -3.96. The Kier molecular flexibility index (Phi) is 6.27. The van der Waals surface area contributed by atoms with Gasteiger partial charge in [-0.05, 0) is 44.0 Å². The van der Waals surface area contributed by atoms with Crippen molar-refractivity contribution in [1.29, 1.82) is 0 Å². The van der Waals surface area contributed by atoms with Crippen molar-refractivity contribution in [1.82, 2.24) is 19.3 Å². The van der Waals surface area contributed by atoms with E-state index in [9.17, 15) is 13.2 Å². The number of carbonyl (C=O) groups is 1. The Bertz CT molecular complexity index is 1750. The summed E-state index contributed by atoms with van der Waals surface area (Å²) in [7, 11) is -4.02. The molecule has 1 amide bonds. The summed E-state index contributed by atoms with van der Waals surface area (Å²) in [6.45, 7) is 4.07. The molecule has 0 saturated heterocycles. The smallest absolute Gasteiger partial charge is 0.268 e. The second kappa shape index (κ2) is 9.65. The fourth-order valence-electron chi connectivity index (χ4n) is 4.41. The third-order valence-corrected chi connectivity index (χ3v) is 9.44. The SMILES string of the molecule is Cc1ccc(S(=O)(=O)n2c(CNC(=O)C3(C)CC3)cc3cc(-c4cnco4)c(OCc4cscn4)cc32)cc1. The van der Waals surface area contributed by atoms with Crippen molar-refractivity contribution in [2.75, 3.05) is 0 Å². The van der Waals surface area contributed by atoms with Gasteiger partial charge in [-0.25, -0.2) is 22.4 Å². The normalized spacial score (nSPS) is 14.4. The highest BCUT2D eigenvalue weighted by Crippen LogP contribution is 2.45. The fraction of sp³-hybridized carbons (Fsp3) is 0.250. The van der Waals surface area contributed by atoms with Crippen LogP contribution in [0.3, 0.4) is 0 Å². The molecule has 0 bridgehead atoms. The molecule has 39 heavy (non-hydrogen) atoms. The summed E-state index contributed by atoms with van der Waals surface area (Å²) in [4.78, 5) is 21.2. The number of carbonyl (C=O) groups excluding carboxylic acids is 1. The van der Waals surface area contributed by atoms with E-state index < -0.39 is 10.0 Å². The van der Waals surface area contributed by atoms with Gasteiger partial charge in [0.05, 0.1) is 45.6 Å². The van der Waals surface area contributed by atoms with Gasteiger partial charge in [-0.2, -0.15) is 0 Å². The third-order valence-electron chi connectivity index (χ3n) is 7.02. The summed E-state index contributed by atoms with van der Waals surface area (Å²) in [6, 6.07) is 12.0. The molecule has 0 unspecified atom stereocenters. The van der Waals surface area contributed by atoms with E-state index in [-0.39, 0.29) is 29.4 Å². The number of nitrogens with one attached hydrogen (secondary N) is 1. The Balaban J connectivity index is 1.50. The van der Waals surface area contributed by atoms with Crippen LogP contribution in [-0.4, -0.2) is 28.3 Å². The number of hydrogen-bond donors (Lipinski definition) is 1. The molecule has 3 heterocycles. The lowest BCUT2D eigenvalue weighted by Crippen LogP contribution is -2.31. The summed E-state index contributed by atoms with van der Waals surface area (Å²) < 4.78 is 41.1. The second-order valence-electron chi connectivity index (χ2n) is 10.0. The summed E-state index contributed by atoms with van der Waals surface area (Å²) in [6.07, 6.45) is 4.55. The number of hydrogen-bond acceptors (Lipinski definition) is 8. The first-order chi connectivity index (χ1) is 18.7. The number of aryl methyl sites for hydroxylation is 1. The Labute approximate surface area is 229 Å². The standard InChI is InChI=1S/C28H26N4O5S2/c1-18-3-5-22(6-4-18)39(34,35)32-21(12-30-27(33)28(2)7-8-28)9-19-10-23(26-13-29-16-37-26)25(11-24(19)32)36-14-20-15-38-17-31-20/h3-6,9-11,13,15-17H,7-8,12,14H2,1-2H3,(H,30,33). The van der Waals surface area contributed by atoms with Crippen molar-refractivity contribution >= 4 is 38.2 Å². The van der Waals surface area contributed by atoms with Gasteiger partial charge in [-0.1, -0.05) is 24.6 Å². The molecule has 3 aromatic heterocycles. The minimum Gasteiger partial charge on any atom is -0.486 e. The number of ether oxygens (including phenoxy) is 1. The van der Waals surface area contributed by atoms with Crippen LogP contribution < -0.4 is 10.1 Å². The first-order valence-electron chi connectivity index (χ1n) is 12.4. The summed E-state index contributed by atoms with van der Waals surface area (Å²) in [5.41, 5.74) is 4.52. The van der Waals surface area contributed by atoms with Crippen LogP contribution in [-0.2, 0) is 28.0 Å². The van der Waals surface area contributed by atoms with E-state index >= 15 is 0 Å². The van der Waals surface area contributed by atoms with E-state index in [4.69, 9.17) is 9.15 Å². The molecule has 0 atom stereocenters. The van der Waals surface area contributed by atoms with Crippen molar-refractivity contribution in [3.63, 3.8) is 0 Å². The van der Waals surface area contributed by atoms with E-state index in [1.807, 2.05) is 25.3 Å². The highest BCUT2D eigenvalue weighted by molar-refractivity contribution is 7.90. The van der Waals surface area contributed by atoms with E-state index in [0.717, 1.165) is 24.1 Å². The quantitative estimate of drug-likeness (QED) is 0.259. The molecule has 11 heteroatoms. The van der Waals surface area contributed by atoms with Gasteiger partial charge >= 0.3 is 0 Å². The van der Waals surface area contributed by atoms with Crippen LogP contribution >= 0.6 is 11.3 Å². The monoisotopic (exact) mass is 562 g/mol. The molecular weight excluding hydrogens is 536 g/mol. The minimum atomic E-state index is -4.02. The number of oxazole rings is 1. The summed E-state index contributed by atoms with van der Waals surface area (Å²) in [5.74, 6) is 0.823. The van der Waals surface area contributed by atoms with Gasteiger partial charge in [0.25, 0.3) is 10.0 Å². The highest BCUT2D eigenvalue weighted by Gasteiger charge is 2.44. The molecule has 1 aliphatic carbocycles. The molecule has 1 saturated carbocycles. The van der Waals surface area contributed by atoms with Crippen molar-refractivity contribution in [3.05, 3.63) is 82.9 Å². The number of thiazole rings is 1. The zero-order valence-corrected chi connectivity index (χ0v) is 23.0. The maximum atomic E-state index is 14.0. The van der Waals surface area contributed by atoms with Crippen molar-refractivity contribution < 1.29 is 22.4 Å². The average Bonchev–Trinajstić information content (AvgIpc) is 3.37. The van der Waals surface area contributed by atoms with Gasteiger partial charge in [-0.3, -0.25) is 4.79 Å². The predicted molar refractivity (Wildman–Crippen MR) is 147 cm³/mol. The largest absolute Gasteiger partial charge is 0.486 e. The number of rotatable bonds is 9. The zero-order chi connectivity index (χ0) is 27.2. The number of nitrogens with zero attached hydrogens (tertiary/aromatic N) is 3. The molecule has 200 valence electrons. The molecule has 1 aliphatic rings. The summed E-state index contributed by atoms with van der Waals surface area (Å²) >= 11 is 1.46. The Morgan fingerprint density at radius 2 is 2.00 bits per heavy atom. The molecule has 5 aromatic rings. The number of aromatic nitrogens is 3. The highest BCUT2D eigenvalue weighted by atomic mass is 32.2. The van der Waals surface area contributed by atoms with Crippen LogP contribution in [0.2, 0.25) is 0 Å². The number of fused-ring (bicyclic) bond motifs is 1. The zero-order valence-electron chi connectivity index (χ0n) is 21.4. The fourth-order valence-corrected chi connectivity index (χ4v) is 6.49. The van der Waals surface area contributed by atoms with Crippen LogP contribution in [0.15, 0.2) is 75.3 Å². The Morgan fingerprint density at radius 3 is 2.67 bits per heavy atom. The van der Waals surface area contributed by atoms with Gasteiger partial charge in [0.1, 0.15) is 12.4 Å². The predicted octanol–water partition coefficient (Wildman–Crippen LogP) is 5.29. The lowest BCUT2D eigenvalue weighted by atomic mass is 10.1. The second-order valence-corrected chi connectivity index (χ2v) is 12.5. The van der Waals surface area contributed by atoms with Gasteiger partial charge in [0, 0.05) is 22.2 Å². The average molecular weight is 563 g/mol. The summed E-state index contributed by atoms with van der Waals surface area (Å²) in [5, 5.41) is 5.48. The van der Waals surface area contributed by atoms with Crippen LogP contribution in [0.4, 0.5) is 0 Å². The van der Waals surface area contributed by atoms with Gasteiger partial charge in [0.2, 0.25) is 5.91 Å². The molecule has 0 radical (unpaired) electrons. The molecule has 1 fully saturated rings. The van der Waals surface area contributed by atoms with Crippen LogP contribution in [0.1, 0.15) is 36.7 Å². The van der Waals surface area contributed by atoms with Gasteiger partial charge in [-0.15, -0.1) is 11.3 Å². The van der Waals surface area contributed by atoms with Crippen molar-refractivity contribution in [3.8, 4) is 17.1 Å². The molecule has 9 nitrogen and oxygen atoms in total. The van der Waals surface area contributed by atoms with Crippen molar-refractivity contribution in [2.24, 2.45) is 5.41 Å². The van der Waals surface area contributed by atoms with E-state index in [2.05, 4.69) is 15.3 Å². The maximum Gasteiger partial charge on any atom is 0.268 e. The number of benzene rings is 2. The Morgan fingerprint density at radius 1 is 1.21 bits per heavy atom. The molecule has 1 N–H and O–H groups in total. The maximum absolute atomic E-state index is 14.0.